The Hall–Kier alpha value is -2.44. The molecule has 16 heteroatoms. The van der Waals surface area contributed by atoms with Gasteiger partial charge < -0.3 is 9.47 Å². The highest BCUT2D eigenvalue weighted by molar-refractivity contribution is 8.15. The van der Waals surface area contributed by atoms with Gasteiger partial charge in [-0.3, -0.25) is 36.8 Å². The average Bonchev–Trinajstić information content (AvgIpc) is 3.85. The second-order valence-corrected chi connectivity index (χ2v) is 20.6. The first-order chi connectivity index (χ1) is 27.5. The van der Waals surface area contributed by atoms with Crippen LogP contribution in [0.5, 0.6) is 0 Å². The van der Waals surface area contributed by atoms with Crippen LogP contribution in [0.25, 0.3) is 0 Å². The third-order valence-corrected chi connectivity index (χ3v) is 18.4. The lowest BCUT2D eigenvalue weighted by atomic mass is 9.99. The molecular weight excluding hydrogens is 817 g/mol. The number of rotatable bonds is 14. The van der Waals surface area contributed by atoms with Crippen LogP contribution < -0.4 is 0 Å². The Bertz CT molecular complexity index is 1690. The fourth-order valence-corrected chi connectivity index (χ4v) is 15.8. The Morgan fingerprint density at radius 1 is 0.482 bits per heavy atom. The van der Waals surface area contributed by atoms with Crippen molar-refractivity contribution < 1.29 is 9.47 Å². The van der Waals surface area contributed by atoms with Gasteiger partial charge in [-0.25, -0.2) is 0 Å². The van der Waals surface area contributed by atoms with E-state index in [1.807, 2.05) is 12.1 Å². The van der Waals surface area contributed by atoms with E-state index in [2.05, 4.69) is 85.4 Å². The van der Waals surface area contributed by atoms with Gasteiger partial charge in [0.25, 0.3) is 0 Å². The quantitative estimate of drug-likeness (QED) is 0.148. The molecule has 9 rings (SSSR count). The van der Waals surface area contributed by atoms with Gasteiger partial charge in [0, 0.05) is 65.6 Å². The number of nitrogens with zero attached hydrogens (tertiary/aromatic N) is 8. The van der Waals surface area contributed by atoms with Crippen molar-refractivity contribution in [3.63, 3.8) is 0 Å². The first kappa shape index (κ1) is 39.0. The van der Waals surface area contributed by atoms with E-state index < -0.39 is 0 Å². The zero-order valence-corrected chi connectivity index (χ0v) is 36.8. The molecule has 3 fully saturated rings. The third kappa shape index (κ3) is 7.62. The van der Waals surface area contributed by atoms with E-state index >= 15 is 0 Å². The van der Waals surface area contributed by atoms with Crippen LogP contribution in [-0.2, 0) is 22.7 Å². The molecule has 0 radical (unpaired) electrons. The minimum Gasteiger partial charge on any atom is -0.377 e. The lowest BCUT2D eigenvalue weighted by Gasteiger charge is -2.42. The van der Waals surface area contributed by atoms with Crippen molar-refractivity contribution in [3.05, 3.63) is 71.8 Å². The van der Waals surface area contributed by atoms with Crippen LogP contribution in [-0.4, -0.2) is 133 Å². The first-order valence-electron chi connectivity index (χ1n) is 20.3. The Labute approximate surface area is 359 Å². The topological polar surface area (TPSA) is 44.4 Å². The number of unbranched alkanes of at least 4 members (excludes halogenated alkanes) is 2. The first-order valence-corrected chi connectivity index (χ1v) is 24.2. The number of thiocarbonyl (C=S) groups is 4. The lowest BCUT2D eigenvalue weighted by Crippen LogP contribution is -2.57. The molecule has 0 unspecified atom stereocenters. The van der Waals surface area contributed by atoms with Gasteiger partial charge >= 0.3 is 0 Å². The molecule has 2 aromatic rings. The van der Waals surface area contributed by atoms with Gasteiger partial charge in [0.1, 0.15) is 0 Å². The summed E-state index contributed by atoms with van der Waals surface area (Å²) in [5.41, 5.74) is 2.46. The van der Waals surface area contributed by atoms with Gasteiger partial charge in [-0.2, -0.15) is 0 Å². The van der Waals surface area contributed by atoms with Crippen LogP contribution in [0.3, 0.4) is 0 Å². The summed E-state index contributed by atoms with van der Waals surface area (Å²) < 4.78 is 21.9. The van der Waals surface area contributed by atoms with Crippen molar-refractivity contribution >= 4 is 101 Å². The van der Waals surface area contributed by atoms with Crippen LogP contribution in [0.1, 0.15) is 62.5 Å². The molecule has 7 heterocycles. The molecule has 3 saturated heterocycles. The van der Waals surface area contributed by atoms with Crippen LogP contribution in [0.2, 0.25) is 0 Å². The number of benzene rings is 2. The monoisotopic (exact) mass is 868 g/mol. The van der Waals surface area contributed by atoms with Gasteiger partial charge in [0.15, 0.2) is 30.7 Å². The summed E-state index contributed by atoms with van der Waals surface area (Å²) in [6, 6.07) is 20.9. The second-order valence-electron chi connectivity index (χ2n) is 15.6. The molecule has 0 amide bonds. The van der Waals surface area contributed by atoms with Crippen molar-refractivity contribution in [2.24, 2.45) is 11.8 Å². The smallest absolute Gasteiger partial charge is 0.188 e. The molecular formula is C40H52N8O2S6. The summed E-state index contributed by atoms with van der Waals surface area (Å²) in [6.45, 7) is 10.3. The van der Waals surface area contributed by atoms with Crippen molar-refractivity contribution in [1.82, 2.24) is 36.8 Å². The van der Waals surface area contributed by atoms with E-state index in [0.29, 0.717) is 25.0 Å². The van der Waals surface area contributed by atoms with E-state index in [1.54, 1.807) is 0 Å². The summed E-state index contributed by atoms with van der Waals surface area (Å²) in [6.07, 6.45) is 8.63. The maximum Gasteiger partial charge on any atom is 0.188 e. The molecule has 7 aliphatic heterocycles. The van der Waals surface area contributed by atoms with Gasteiger partial charge in [-0.15, -0.1) is 0 Å². The molecule has 0 aromatic heterocycles. The zero-order chi connectivity index (χ0) is 38.2. The second kappa shape index (κ2) is 17.4. The molecule has 0 aliphatic carbocycles. The number of hydrogen-bond acceptors (Lipinski definition) is 6. The highest BCUT2D eigenvalue weighted by Gasteiger charge is 2.53. The fraction of sp³-hybridized carbons (Fsp3) is 0.550. The summed E-state index contributed by atoms with van der Waals surface area (Å²) in [5, 5.41) is 6.49. The SMILES string of the molecule is S=C1N2CC(CCCCOCc3ccccc3)CN3C(=S)N4CCCN5C(=S)N6CC(CCCCOCc7ccccc7)CN7C(=S)N(CCCN1S4=C23)S5=C76. The standard InChI is InChI=1S/C40H52N8O2S6/c51-35-41-25-33(17-7-9-23-49-29-31-13-3-1-4-14-31)26-42-36(52)46-20-12-22-48-38(54)44-28-34(18-8-10-24-50-30-32-15-5-2-6-16-32)27-43-37(53)47(56(48)40(43)44)21-11-19-45(35)55(46)39(41)42/h1-6,13-16,33-34H,7-12,17-30H2. The molecule has 56 heavy (non-hydrogen) atoms. The zero-order valence-electron chi connectivity index (χ0n) is 31.9. The summed E-state index contributed by atoms with van der Waals surface area (Å²) in [7, 11) is -0.581. The van der Waals surface area contributed by atoms with Crippen molar-refractivity contribution in [1.29, 1.82) is 0 Å². The molecule has 7 aliphatic rings. The van der Waals surface area contributed by atoms with Crippen molar-refractivity contribution in [2.45, 2.75) is 64.6 Å². The fourth-order valence-electron chi connectivity index (χ4n) is 8.86. The average molecular weight is 869 g/mol. The van der Waals surface area contributed by atoms with Crippen LogP contribution in [0.15, 0.2) is 60.7 Å². The van der Waals surface area contributed by atoms with E-state index in [9.17, 15) is 0 Å². The van der Waals surface area contributed by atoms with E-state index in [-0.39, 0.29) is 21.7 Å². The third-order valence-electron chi connectivity index (χ3n) is 11.6. The van der Waals surface area contributed by atoms with Crippen molar-refractivity contribution in [3.8, 4) is 0 Å². The summed E-state index contributed by atoms with van der Waals surface area (Å²) in [5.74, 6) is 1.01. The van der Waals surface area contributed by atoms with Crippen molar-refractivity contribution in [2.75, 3.05) is 65.6 Å². The van der Waals surface area contributed by atoms with E-state index in [4.69, 9.17) is 58.3 Å². The molecule has 0 saturated carbocycles. The lowest BCUT2D eigenvalue weighted by molar-refractivity contribution is 0.115. The van der Waals surface area contributed by atoms with Gasteiger partial charge in [-0.05, 0) is 110 Å². The minimum absolute atomic E-state index is 0.291. The van der Waals surface area contributed by atoms with Gasteiger partial charge in [-0.1, -0.05) is 73.5 Å². The normalized spacial score (nSPS) is 23.9. The maximum absolute atomic E-state index is 6.30. The molecule has 0 bridgehead atoms. The molecule has 300 valence electrons. The predicted octanol–water partition coefficient (Wildman–Crippen LogP) is 6.80. The highest BCUT2D eigenvalue weighted by atomic mass is 32.2. The Balaban J connectivity index is 0.816. The minimum atomic E-state index is -0.291. The molecule has 0 atom stereocenters. The number of hydrogen-bond donors (Lipinski definition) is 0. The molecule has 0 N–H and O–H groups in total. The van der Waals surface area contributed by atoms with Gasteiger partial charge in [0.05, 0.1) is 34.9 Å². The Kier molecular flexibility index (Phi) is 12.1. The summed E-state index contributed by atoms with van der Waals surface area (Å²) >= 11 is 25.2. The Morgan fingerprint density at radius 3 is 1.16 bits per heavy atom. The van der Waals surface area contributed by atoms with E-state index in [0.717, 1.165) is 137 Å². The molecule has 10 nitrogen and oxygen atoms in total. The largest absolute Gasteiger partial charge is 0.377 e. The van der Waals surface area contributed by atoms with Crippen LogP contribution in [0, 0.1) is 11.8 Å². The molecule has 2 aromatic carbocycles. The Morgan fingerprint density at radius 2 is 0.821 bits per heavy atom. The summed E-state index contributed by atoms with van der Waals surface area (Å²) in [4.78, 5) is 9.74. The van der Waals surface area contributed by atoms with Crippen LogP contribution >= 0.6 is 70.6 Å². The maximum atomic E-state index is 6.30. The molecule has 0 spiro atoms. The highest BCUT2D eigenvalue weighted by Crippen LogP contribution is 2.48. The number of ether oxygens (including phenoxy) is 2. The van der Waals surface area contributed by atoms with Gasteiger partial charge in [0.2, 0.25) is 0 Å². The van der Waals surface area contributed by atoms with E-state index in [1.165, 1.54) is 21.4 Å². The van der Waals surface area contributed by atoms with Crippen LogP contribution in [0.4, 0.5) is 0 Å². The predicted molar refractivity (Wildman–Crippen MR) is 245 cm³/mol.